The minimum Gasteiger partial charge on any atom is -0.380 e. The van der Waals surface area contributed by atoms with Crippen LogP contribution >= 0.6 is 0 Å². The molecule has 0 radical (unpaired) electrons. The summed E-state index contributed by atoms with van der Waals surface area (Å²) in [4.78, 5) is 0. The molecule has 0 bridgehead atoms. The van der Waals surface area contributed by atoms with E-state index in [0.29, 0.717) is 30.6 Å². The van der Waals surface area contributed by atoms with Crippen LogP contribution in [0.4, 0.5) is 0 Å². The highest BCUT2D eigenvalue weighted by molar-refractivity contribution is 7.91. The quantitative estimate of drug-likeness (QED) is 0.603. The van der Waals surface area contributed by atoms with Crippen molar-refractivity contribution in [3.63, 3.8) is 0 Å². The van der Waals surface area contributed by atoms with Crippen LogP contribution < -0.4 is 0 Å². The first-order chi connectivity index (χ1) is 5.58. The van der Waals surface area contributed by atoms with E-state index in [4.69, 9.17) is 4.74 Å². The molecule has 0 aromatic carbocycles. The third-order valence-corrected chi connectivity index (χ3v) is 5.03. The van der Waals surface area contributed by atoms with Gasteiger partial charge in [0.1, 0.15) is 0 Å². The summed E-state index contributed by atoms with van der Waals surface area (Å²) < 4.78 is 27.8. The van der Waals surface area contributed by atoms with Gasteiger partial charge in [-0.05, 0) is 5.92 Å². The van der Waals surface area contributed by atoms with Gasteiger partial charge in [0, 0.05) is 5.41 Å². The summed E-state index contributed by atoms with van der Waals surface area (Å²) in [7, 11) is -2.76. The highest BCUT2D eigenvalue weighted by atomic mass is 32.2. The van der Waals surface area contributed by atoms with Crippen molar-refractivity contribution in [2.24, 2.45) is 11.3 Å². The predicted octanol–water partition coefficient (Wildman–Crippen LogP) is 0.458. The molecule has 2 aliphatic heterocycles. The number of rotatable bonds is 1. The fraction of sp³-hybridized carbons (Fsp3) is 1.00. The van der Waals surface area contributed by atoms with Crippen LogP contribution in [0.2, 0.25) is 0 Å². The summed E-state index contributed by atoms with van der Waals surface area (Å²) >= 11 is 0. The number of ether oxygens (including phenoxy) is 1. The molecule has 4 heteroatoms. The van der Waals surface area contributed by atoms with Crippen LogP contribution in [0.25, 0.3) is 0 Å². The third kappa shape index (κ3) is 1.09. The maximum absolute atomic E-state index is 11.4. The molecule has 0 amide bonds. The lowest BCUT2D eigenvalue weighted by Crippen LogP contribution is -2.48. The maximum Gasteiger partial charge on any atom is 0.151 e. The topological polar surface area (TPSA) is 43.4 Å². The van der Waals surface area contributed by atoms with Gasteiger partial charge in [-0.15, -0.1) is 0 Å². The molecule has 0 aromatic rings. The van der Waals surface area contributed by atoms with E-state index in [0.717, 1.165) is 6.42 Å². The minimum atomic E-state index is -2.76. The molecular weight excluding hydrogens is 176 g/mol. The normalized spacial score (nSPS) is 36.6. The molecule has 2 fully saturated rings. The van der Waals surface area contributed by atoms with Crippen LogP contribution in [0.1, 0.15) is 13.3 Å². The second-order valence-electron chi connectivity index (χ2n) is 4.01. The molecule has 0 saturated carbocycles. The Morgan fingerprint density at radius 3 is 2.50 bits per heavy atom. The Balaban J connectivity index is 2.24. The van der Waals surface area contributed by atoms with Gasteiger partial charge in [-0.25, -0.2) is 8.42 Å². The molecule has 12 heavy (non-hydrogen) atoms. The third-order valence-electron chi connectivity index (χ3n) is 3.10. The lowest BCUT2D eigenvalue weighted by atomic mass is 9.75. The summed E-state index contributed by atoms with van der Waals surface area (Å²) in [5.41, 5.74) is 0.00752. The number of hydrogen-bond donors (Lipinski definition) is 0. The van der Waals surface area contributed by atoms with E-state index >= 15 is 0 Å². The maximum atomic E-state index is 11.4. The Bertz CT molecular complexity index is 277. The molecule has 0 aromatic heterocycles. The zero-order valence-corrected chi connectivity index (χ0v) is 8.06. The van der Waals surface area contributed by atoms with Crippen LogP contribution in [0.15, 0.2) is 0 Å². The molecule has 70 valence electrons. The monoisotopic (exact) mass is 190 g/mol. The van der Waals surface area contributed by atoms with E-state index in [1.807, 2.05) is 0 Å². The van der Waals surface area contributed by atoms with Crippen LogP contribution in [0.5, 0.6) is 0 Å². The Labute approximate surface area is 73.0 Å². The fourth-order valence-corrected chi connectivity index (χ4v) is 4.93. The van der Waals surface area contributed by atoms with E-state index in [2.05, 4.69) is 6.92 Å². The Morgan fingerprint density at radius 2 is 2.17 bits per heavy atom. The molecule has 0 unspecified atom stereocenters. The average Bonchev–Trinajstić information content (AvgIpc) is 2.20. The summed E-state index contributed by atoms with van der Waals surface area (Å²) in [6.45, 7) is 3.38. The fourth-order valence-electron chi connectivity index (χ4n) is 2.33. The first-order valence-corrected chi connectivity index (χ1v) is 6.18. The average molecular weight is 190 g/mol. The summed E-state index contributed by atoms with van der Waals surface area (Å²) in [6, 6.07) is 0. The second kappa shape index (κ2) is 2.45. The van der Waals surface area contributed by atoms with E-state index in [9.17, 15) is 8.42 Å². The molecule has 3 nitrogen and oxygen atoms in total. The van der Waals surface area contributed by atoms with Crippen LogP contribution in [-0.4, -0.2) is 33.1 Å². The molecule has 0 aliphatic carbocycles. The minimum absolute atomic E-state index is 0.00752. The molecule has 2 rings (SSSR count). The Hall–Kier alpha value is -0.0900. The summed E-state index contributed by atoms with van der Waals surface area (Å²) in [5, 5.41) is 0. The van der Waals surface area contributed by atoms with Gasteiger partial charge in [0.2, 0.25) is 0 Å². The molecule has 2 heterocycles. The smallest absolute Gasteiger partial charge is 0.151 e. The first kappa shape index (κ1) is 8.51. The Morgan fingerprint density at radius 1 is 1.50 bits per heavy atom. The van der Waals surface area contributed by atoms with Crippen LogP contribution in [0, 0.1) is 11.3 Å². The van der Waals surface area contributed by atoms with Gasteiger partial charge in [-0.3, -0.25) is 0 Å². The van der Waals surface area contributed by atoms with Crippen molar-refractivity contribution in [3.05, 3.63) is 0 Å². The van der Waals surface area contributed by atoms with E-state index < -0.39 is 9.84 Å². The predicted molar refractivity (Wildman–Crippen MR) is 45.7 cm³/mol. The number of sulfone groups is 1. The summed E-state index contributed by atoms with van der Waals surface area (Å²) in [5.74, 6) is 1.09. The van der Waals surface area contributed by atoms with Crippen LogP contribution in [-0.2, 0) is 14.6 Å². The number of hydrogen-bond acceptors (Lipinski definition) is 3. The van der Waals surface area contributed by atoms with Gasteiger partial charge in [-0.2, -0.15) is 0 Å². The first-order valence-electron chi connectivity index (χ1n) is 4.36. The van der Waals surface area contributed by atoms with Gasteiger partial charge >= 0.3 is 0 Å². The van der Waals surface area contributed by atoms with Crippen molar-refractivity contribution in [1.29, 1.82) is 0 Å². The molecular formula is C8H14O3S. The Kier molecular flexibility index (Phi) is 1.74. The molecule has 1 atom stereocenters. The van der Waals surface area contributed by atoms with Crippen molar-refractivity contribution in [1.82, 2.24) is 0 Å². The highest BCUT2D eigenvalue weighted by Crippen LogP contribution is 2.44. The van der Waals surface area contributed by atoms with Gasteiger partial charge in [0.05, 0.1) is 24.7 Å². The lowest BCUT2D eigenvalue weighted by molar-refractivity contribution is -0.122. The molecule has 2 saturated heterocycles. The molecule has 1 spiro atoms. The van der Waals surface area contributed by atoms with Gasteiger partial charge in [-0.1, -0.05) is 13.3 Å². The van der Waals surface area contributed by atoms with Crippen molar-refractivity contribution < 1.29 is 13.2 Å². The standard InChI is InChI=1S/C8H14O3S/c1-2-7-3-12(9,10)6-8(7)4-11-5-8/h7H,2-6H2,1H3/t7-/m0/s1. The molecule has 0 N–H and O–H groups in total. The van der Waals surface area contributed by atoms with E-state index in [1.165, 1.54) is 0 Å². The lowest BCUT2D eigenvalue weighted by Gasteiger charge is -2.41. The summed E-state index contributed by atoms with van der Waals surface area (Å²) in [6.07, 6.45) is 0.961. The zero-order chi connectivity index (χ0) is 8.82. The zero-order valence-electron chi connectivity index (χ0n) is 7.25. The van der Waals surface area contributed by atoms with Crippen molar-refractivity contribution in [3.8, 4) is 0 Å². The van der Waals surface area contributed by atoms with E-state index in [-0.39, 0.29) is 5.41 Å². The highest BCUT2D eigenvalue weighted by Gasteiger charge is 2.53. The van der Waals surface area contributed by atoms with Crippen molar-refractivity contribution in [2.45, 2.75) is 13.3 Å². The van der Waals surface area contributed by atoms with Crippen molar-refractivity contribution >= 4 is 9.84 Å². The SMILES string of the molecule is CC[C@H]1CS(=O)(=O)CC12COC2. The van der Waals surface area contributed by atoms with Gasteiger partial charge in [0.15, 0.2) is 9.84 Å². The second-order valence-corrected chi connectivity index (χ2v) is 6.12. The van der Waals surface area contributed by atoms with Crippen LogP contribution in [0.3, 0.4) is 0 Å². The van der Waals surface area contributed by atoms with Crippen molar-refractivity contribution in [2.75, 3.05) is 24.7 Å². The van der Waals surface area contributed by atoms with Gasteiger partial charge in [0.25, 0.3) is 0 Å². The largest absolute Gasteiger partial charge is 0.380 e. The van der Waals surface area contributed by atoms with E-state index in [1.54, 1.807) is 0 Å². The van der Waals surface area contributed by atoms with Gasteiger partial charge < -0.3 is 4.74 Å². The molecule has 2 aliphatic rings.